The Morgan fingerprint density at radius 3 is 2.54 bits per heavy atom. The van der Waals surface area contributed by atoms with Gasteiger partial charge in [-0.3, -0.25) is 9.00 Å². The number of hydrogen-bond acceptors (Lipinski definition) is 3. The largest absolute Gasteiger partial charge is 0.465 e. The molecule has 0 aromatic heterocycles. The SMILES string of the molecule is CCOC(=O)CS(=O)CCC(C)C. The summed E-state index contributed by atoms with van der Waals surface area (Å²) in [6, 6.07) is 0. The monoisotopic (exact) mass is 206 g/mol. The third kappa shape index (κ3) is 7.96. The van der Waals surface area contributed by atoms with E-state index in [1.54, 1.807) is 6.92 Å². The molecule has 0 N–H and O–H groups in total. The van der Waals surface area contributed by atoms with E-state index in [1.807, 2.05) is 0 Å². The summed E-state index contributed by atoms with van der Waals surface area (Å²) in [5, 5.41) is 0. The Balaban J connectivity index is 3.56. The van der Waals surface area contributed by atoms with Gasteiger partial charge in [-0.25, -0.2) is 0 Å². The van der Waals surface area contributed by atoms with Gasteiger partial charge in [0.25, 0.3) is 0 Å². The Kier molecular flexibility index (Phi) is 6.86. The van der Waals surface area contributed by atoms with Crippen LogP contribution >= 0.6 is 0 Å². The minimum atomic E-state index is -1.05. The highest BCUT2D eigenvalue weighted by atomic mass is 32.2. The van der Waals surface area contributed by atoms with Crippen LogP contribution < -0.4 is 0 Å². The highest BCUT2D eigenvalue weighted by Gasteiger charge is 2.08. The Morgan fingerprint density at radius 2 is 2.08 bits per heavy atom. The number of esters is 1. The molecule has 13 heavy (non-hydrogen) atoms. The smallest absolute Gasteiger partial charge is 0.318 e. The number of rotatable bonds is 6. The van der Waals surface area contributed by atoms with E-state index in [1.165, 1.54) is 0 Å². The second-order valence-corrected chi connectivity index (χ2v) is 4.85. The molecule has 0 saturated carbocycles. The normalized spacial score (nSPS) is 12.9. The van der Waals surface area contributed by atoms with E-state index < -0.39 is 10.8 Å². The molecule has 78 valence electrons. The maximum absolute atomic E-state index is 11.2. The predicted octanol–water partition coefficient (Wildman–Crippen LogP) is 1.34. The van der Waals surface area contributed by atoms with E-state index >= 15 is 0 Å². The molecule has 0 aliphatic rings. The second kappa shape index (κ2) is 7.06. The molecule has 0 spiro atoms. The molecule has 0 aliphatic carbocycles. The molecule has 0 aromatic carbocycles. The van der Waals surface area contributed by atoms with Crippen molar-refractivity contribution in [2.75, 3.05) is 18.1 Å². The average molecular weight is 206 g/mol. The summed E-state index contributed by atoms with van der Waals surface area (Å²) in [6.07, 6.45) is 0.895. The molecule has 0 bridgehead atoms. The molecule has 1 atom stereocenters. The molecule has 4 heteroatoms. The van der Waals surface area contributed by atoms with Crippen molar-refractivity contribution in [1.29, 1.82) is 0 Å². The van der Waals surface area contributed by atoms with Crippen LogP contribution in [0.15, 0.2) is 0 Å². The molecule has 0 aliphatic heterocycles. The van der Waals surface area contributed by atoms with E-state index in [4.69, 9.17) is 0 Å². The predicted molar refractivity (Wildman–Crippen MR) is 54.0 cm³/mol. The molecule has 0 radical (unpaired) electrons. The minimum absolute atomic E-state index is 0.0422. The Morgan fingerprint density at radius 1 is 1.46 bits per heavy atom. The highest BCUT2D eigenvalue weighted by molar-refractivity contribution is 7.85. The van der Waals surface area contributed by atoms with E-state index in [2.05, 4.69) is 18.6 Å². The van der Waals surface area contributed by atoms with Gasteiger partial charge < -0.3 is 4.74 Å². The first kappa shape index (κ1) is 12.6. The lowest BCUT2D eigenvalue weighted by Gasteiger charge is -2.04. The lowest BCUT2D eigenvalue weighted by molar-refractivity contribution is -0.139. The number of ether oxygens (including phenoxy) is 1. The minimum Gasteiger partial charge on any atom is -0.465 e. The van der Waals surface area contributed by atoms with E-state index in [0.29, 0.717) is 18.3 Å². The van der Waals surface area contributed by atoms with Crippen molar-refractivity contribution in [3.05, 3.63) is 0 Å². The quantitative estimate of drug-likeness (QED) is 0.616. The molecule has 1 unspecified atom stereocenters. The fourth-order valence-electron chi connectivity index (χ4n) is 0.773. The molecule has 0 heterocycles. The van der Waals surface area contributed by atoms with Crippen LogP contribution in [-0.4, -0.2) is 28.3 Å². The summed E-state index contributed by atoms with van der Waals surface area (Å²) in [7, 11) is -1.05. The van der Waals surface area contributed by atoms with Crippen LogP contribution in [-0.2, 0) is 20.3 Å². The Hall–Kier alpha value is -0.380. The Labute approximate surface area is 82.3 Å². The maximum Gasteiger partial charge on any atom is 0.318 e. The van der Waals surface area contributed by atoms with Crippen molar-refractivity contribution in [3.8, 4) is 0 Å². The van der Waals surface area contributed by atoms with Crippen molar-refractivity contribution in [3.63, 3.8) is 0 Å². The maximum atomic E-state index is 11.2. The molecular formula is C9H18O3S. The van der Waals surface area contributed by atoms with Crippen LogP contribution in [0.25, 0.3) is 0 Å². The number of carbonyl (C=O) groups excluding carboxylic acids is 1. The van der Waals surface area contributed by atoms with Crippen LogP contribution in [0.2, 0.25) is 0 Å². The van der Waals surface area contributed by atoms with Gasteiger partial charge in [-0.2, -0.15) is 0 Å². The number of hydrogen-bond donors (Lipinski definition) is 0. The molecule has 0 rings (SSSR count). The van der Waals surface area contributed by atoms with Gasteiger partial charge in [0.15, 0.2) is 0 Å². The van der Waals surface area contributed by atoms with Gasteiger partial charge in [-0.05, 0) is 19.3 Å². The third-order valence-corrected chi connectivity index (χ3v) is 2.76. The number of carbonyl (C=O) groups is 1. The zero-order valence-electron chi connectivity index (χ0n) is 8.54. The first-order chi connectivity index (χ1) is 6.06. The van der Waals surface area contributed by atoms with Crippen LogP contribution in [0.1, 0.15) is 27.2 Å². The highest BCUT2D eigenvalue weighted by Crippen LogP contribution is 2.01. The van der Waals surface area contributed by atoms with E-state index in [-0.39, 0.29) is 11.7 Å². The van der Waals surface area contributed by atoms with Gasteiger partial charge >= 0.3 is 5.97 Å². The summed E-state index contributed by atoms with van der Waals surface area (Å²) in [5.41, 5.74) is 0. The van der Waals surface area contributed by atoms with Gasteiger partial charge in [0.05, 0.1) is 6.61 Å². The standard InChI is InChI=1S/C9H18O3S/c1-4-12-9(10)7-13(11)6-5-8(2)3/h8H,4-7H2,1-3H3. The van der Waals surface area contributed by atoms with Gasteiger partial charge in [-0.15, -0.1) is 0 Å². The lowest BCUT2D eigenvalue weighted by Crippen LogP contribution is -2.16. The average Bonchev–Trinajstić information content (AvgIpc) is 2.01. The van der Waals surface area contributed by atoms with Gasteiger partial charge in [0.1, 0.15) is 5.75 Å². The van der Waals surface area contributed by atoms with Gasteiger partial charge in [0.2, 0.25) is 0 Å². The van der Waals surface area contributed by atoms with Gasteiger partial charge in [-0.1, -0.05) is 13.8 Å². The molecular weight excluding hydrogens is 188 g/mol. The fourth-order valence-corrected chi connectivity index (χ4v) is 2.00. The summed E-state index contributed by atoms with van der Waals surface area (Å²) in [6.45, 7) is 6.25. The fraction of sp³-hybridized carbons (Fsp3) is 0.889. The van der Waals surface area contributed by atoms with Crippen LogP contribution in [0.5, 0.6) is 0 Å². The first-order valence-electron chi connectivity index (χ1n) is 4.56. The van der Waals surface area contributed by atoms with Crippen LogP contribution in [0.3, 0.4) is 0 Å². The van der Waals surface area contributed by atoms with Crippen LogP contribution in [0.4, 0.5) is 0 Å². The van der Waals surface area contributed by atoms with Crippen molar-refractivity contribution in [2.24, 2.45) is 5.92 Å². The van der Waals surface area contributed by atoms with Crippen LogP contribution in [0, 0.1) is 5.92 Å². The van der Waals surface area contributed by atoms with E-state index in [9.17, 15) is 9.00 Å². The lowest BCUT2D eigenvalue weighted by atomic mass is 10.2. The van der Waals surface area contributed by atoms with Crippen molar-refractivity contribution < 1.29 is 13.7 Å². The summed E-state index contributed by atoms with van der Waals surface area (Å²) >= 11 is 0. The third-order valence-electron chi connectivity index (χ3n) is 1.51. The van der Waals surface area contributed by atoms with Crippen molar-refractivity contribution in [2.45, 2.75) is 27.2 Å². The molecule has 3 nitrogen and oxygen atoms in total. The van der Waals surface area contributed by atoms with E-state index in [0.717, 1.165) is 6.42 Å². The Bertz CT molecular complexity index is 178. The van der Waals surface area contributed by atoms with Crippen molar-refractivity contribution in [1.82, 2.24) is 0 Å². The second-order valence-electron chi connectivity index (χ2n) is 3.28. The zero-order valence-corrected chi connectivity index (χ0v) is 9.36. The summed E-state index contributed by atoms with van der Waals surface area (Å²) in [4.78, 5) is 10.9. The zero-order chi connectivity index (χ0) is 10.3. The van der Waals surface area contributed by atoms with Crippen molar-refractivity contribution >= 4 is 16.8 Å². The molecule has 0 aromatic rings. The molecule has 0 fully saturated rings. The summed E-state index contributed by atoms with van der Waals surface area (Å²) < 4.78 is 15.9. The molecule has 0 saturated heterocycles. The topological polar surface area (TPSA) is 43.4 Å². The first-order valence-corrected chi connectivity index (χ1v) is 6.05. The van der Waals surface area contributed by atoms with Gasteiger partial charge in [0, 0.05) is 16.6 Å². The summed E-state index contributed by atoms with van der Waals surface area (Å²) in [5.74, 6) is 0.813. The molecule has 0 amide bonds.